The van der Waals surface area contributed by atoms with Crippen molar-refractivity contribution < 1.29 is 9.47 Å². The van der Waals surface area contributed by atoms with E-state index in [1.807, 2.05) is 12.1 Å². The van der Waals surface area contributed by atoms with Crippen molar-refractivity contribution in [3.63, 3.8) is 0 Å². The van der Waals surface area contributed by atoms with Gasteiger partial charge in [0.05, 0.1) is 25.4 Å². The standard InChI is InChI=1S/C24H30N4O2/c1-16-6-5-7-17-12-19(14-28(2)15-20-10-11-25-27-20)24(26-23(16)17)18-8-9-21(29-3)22(13-18)30-4/h5-9,12-13,20,25,27H,10-11,14-15H2,1-4H3. The lowest BCUT2D eigenvalue weighted by atomic mass is 10.0. The molecular formula is C24H30N4O2. The minimum atomic E-state index is 0.468. The molecule has 0 spiro atoms. The predicted molar refractivity (Wildman–Crippen MR) is 121 cm³/mol. The van der Waals surface area contributed by atoms with E-state index < -0.39 is 0 Å². The van der Waals surface area contributed by atoms with Gasteiger partial charge in [-0.15, -0.1) is 0 Å². The molecule has 4 rings (SSSR count). The van der Waals surface area contributed by atoms with Gasteiger partial charge < -0.3 is 14.4 Å². The van der Waals surface area contributed by atoms with Crippen LogP contribution in [0.15, 0.2) is 42.5 Å². The number of hydrogen-bond acceptors (Lipinski definition) is 6. The summed E-state index contributed by atoms with van der Waals surface area (Å²) in [5, 5.41) is 1.17. The van der Waals surface area contributed by atoms with E-state index in [0.717, 1.165) is 48.6 Å². The Labute approximate surface area is 178 Å². The largest absolute Gasteiger partial charge is 0.493 e. The number of methoxy groups -OCH3 is 2. The molecule has 2 heterocycles. The third kappa shape index (κ3) is 4.26. The minimum Gasteiger partial charge on any atom is -0.493 e. The highest BCUT2D eigenvalue weighted by molar-refractivity contribution is 5.86. The van der Waals surface area contributed by atoms with E-state index in [-0.39, 0.29) is 0 Å². The van der Waals surface area contributed by atoms with Crippen LogP contribution in [0.3, 0.4) is 0 Å². The fourth-order valence-electron chi connectivity index (χ4n) is 4.15. The second-order valence-electron chi connectivity index (χ2n) is 7.97. The van der Waals surface area contributed by atoms with Crippen LogP contribution in [-0.4, -0.2) is 50.3 Å². The van der Waals surface area contributed by atoms with Crippen molar-refractivity contribution in [2.75, 3.05) is 34.4 Å². The van der Waals surface area contributed by atoms with Crippen molar-refractivity contribution >= 4 is 10.9 Å². The summed E-state index contributed by atoms with van der Waals surface area (Å²) in [6, 6.07) is 15.1. The van der Waals surface area contributed by atoms with E-state index in [1.54, 1.807) is 14.2 Å². The van der Waals surface area contributed by atoms with Gasteiger partial charge in [-0.3, -0.25) is 10.9 Å². The van der Waals surface area contributed by atoms with Crippen molar-refractivity contribution in [3.8, 4) is 22.8 Å². The monoisotopic (exact) mass is 406 g/mol. The Morgan fingerprint density at radius 1 is 1.10 bits per heavy atom. The van der Waals surface area contributed by atoms with Crippen LogP contribution in [0.4, 0.5) is 0 Å². The number of para-hydroxylation sites is 1. The summed E-state index contributed by atoms with van der Waals surface area (Å²) >= 11 is 0. The summed E-state index contributed by atoms with van der Waals surface area (Å²) in [6.45, 7) is 4.92. The first-order valence-corrected chi connectivity index (χ1v) is 10.4. The maximum absolute atomic E-state index is 5.54. The van der Waals surface area contributed by atoms with E-state index in [0.29, 0.717) is 11.8 Å². The lowest BCUT2D eigenvalue weighted by molar-refractivity contribution is 0.289. The molecule has 2 N–H and O–H groups in total. The van der Waals surface area contributed by atoms with Gasteiger partial charge in [0.1, 0.15) is 0 Å². The third-order valence-corrected chi connectivity index (χ3v) is 5.68. The second-order valence-corrected chi connectivity index (χ2v) is 7.97. The van der Waals surface area contributed by atoms with E-state index in [1.165, 1.54) is 16.5 Å². The molecule has 0 saturated carbocycles. The maximum atomic E-state index is 5.54. The number of ether oxygens (including phenoxy) is 2. The van der Waals surface area contributed by atoms with Crippen molar-refractivity contribution in [2.24, 2.45) is 0 Å². The summed E-state index contributed by atoms with van der Waals surface area (Å²) < 4.78 is 11.0. The van der Waals surface area contributed by atoms with Crippen LogP contribution in [0.5, 0.6) is 11.5 Å². The summed E-state index contributed by atoms with van der Waals surface area (Å²) in [5.41, 5.74) is 12.0. The molecule has 158 valence electrons. The molecule has 1 aromatic heterocycles. The number of benzene rings is 2. The van der Waals surface area contributed by atoms with Crippen LogP contribution in [0.25, 0.3) is 22.2 Å². The van der Waals surface area contributed by atoms with Gasteiger partial charge in [-0.2, -0.15) is 0 Å². The normalized spacial score (nSPS) is 16.4. The minimum absolute atomic E-state index is 0.468. The van der Waals surface area contributed by atoms with Crippen molar-refractivity contribution in [1.82, 2.24) is 20.7 Å². The Hall–Kier alpha value is -2.67. The zero-order valence-electron chi connectivity index (χ0n) is 18.2. The summed E-state index contributed by atoms with van der Waals surface area (Å²) in [4.78, 5) is 7.46. The number of aromatic nitrogens is 1. The predicted octanol–water partition coefficient (Wildman–Crippen LogP) is 3.53. The fraction of sp³-hybridized carbons (Fsp3) is 0.375. The first-order valence-electron chi connectivity index (χ1n) is 10.4. The Morgan fingerprint density at radius 3 is 2.67 bits per heavy atom. The Balaban J connectivity index is 1.76. The molecule has 0 bridgehead atoms. The molecule has 1 saturated heterocycles. The number of fused-ring (bicyclic) bond motifs is 1. The lowest BCUT2D eigenvalue weighted by Crippen LogP contribution is -2.38. The molecular weight excluding hydrogens is 376 g/mol. The topological polar surface area (TPSA) is 58.7 Å². The third-order valence-electron chi connectivity index (χ3n) is 5.68. The van der Waals surface area contributed by atoms with Crippen molar-refractivity contribution in [2.45, 2.75) is 25.9 Å². The molecule has 1 aliphatic rings. The summed E-state index contributed by atoms with van der Waals surface area (Å²) in [5.74, 6) is 1.43. The number of nitrogens with one attached hydrogen (secondary N) is 2. The average molecular weight is 407 g/mol. The van der Waals surface area contributed by atoms with Gasteiger partial charge in [0.25, 0.3) is 0 Å². The average Bonchev–Trinajstić information content (AvgIpc) is 3.26. The number of rotatable bonds is 7. The highest BCUT2D eigenvalue weighted by Gasteiger charge is 2.18. The van der Waals surface area contributed by atoms with E-state index >= 15 is 0 Å². The van der Waals surface area contributed by atoms with Gasteiger partial charge in [-0.05, 0) is 55.8 Å². The zero-order valence-corrected chi connectivity index (χ0v) is 18.2. The molecule has 2 aromatic carbocycles. The lowest BCUT2D eigenvalue weighted by Gasteiger charge is -2.22. The summed E-state index contributed by atoms with van der Waals surface area (Å²) in [7, 11) is 5.48. The Bertz CT molecular complexity index is 1030. The molecule has 6 heteroatoms. The second kappa shape index (κ2) is 9.00. The smallest absolute Gasteiger partial charge is 0.161 e. The van der Waals surface area contributed by atoms with E-state index in [9.17, 15) is 0 Å². The molecule has 30 heavy (non-hydrogen) atoms. The summed E-state index contributed by atoms with van der Waals surface area (Å²) in [6.07, 6.45) is 1.14. The number of hydrogen-bond donors (Lipinski definition) is 2. The van der Waals surface area contributed by atoms with Crippen molar-refractivity contribution in [1.29, 1.82) is 0 Å². The maximum Gasteiger partial charge on any atom is 0.161 e. The van der Waals surface area contributed by atoms with Crippen LogP contribution in [0, 0.1) is 6.92 Å². The van der Waals surface area contributed by atoms with Crippen LogP contribution in [0.1, 0.15) is 17.5 Å². The van der Waals surface area contributed by atoms with Gasteiger partial charge in [-0.1, -0.05) is 18.2 Å². The molecule has 3 aromatic rings. The van der Waals surface area contributed by atoms with Gasteiger partial charge >= 0.3 is 0 Å². The van der Waals surface area contributed by atoms with E-state index in [4.69, 9.17) is 14.5 Å². The molecule has 1 atom stereocenters. The molecule has 0 aliphatic carbocycles. The Morgan fingerprint density at radius 2 is 1.93 bits per heavy atom. The SMILES string of the molecule is COc1ccc(-c2nc3c(C)cccc3cc2CN(C)CC2CCNN2)cc1OC. The van der Waals surface area contributed by atoms with Crippen LogP contribution < -0.4 is 20.3 Å². The Kier molecular flexibility index (Phi) is 6.18. The molecule has 1 unspecified atom stereocenters. The van der Waals surface area contributed by atoms with Gasteiger partial charge in [-0.25, -0.2) is 4.98 Å². The molecule has 6 nitrogen and oxygen atoms in total. The fourth-order valence-corrected chi connectivity index (χ4v) is 4.15. The van der Waals surface area contributed by atoms with Gasteiger partial charge in [0.2, 0.25) is 0 Å². The number of hydrazine groups is 1. The first kappa shape index (κ1) is 20.6. The quantitative estimate of drug-likeness (QED) is 0.626. The van der Waals surface area contributed by atoms with Crippen molar-refractivity contribution in [3.05, 3.63) is 53.6 Å². The van der Waals surface area contributed by atoms with Crippen LogP contribution in [0.2, 0.25) is 0 Å². The number of aryl methyl sites for hydroxylation is 1. The van der Waals surface area contributed by atoms with Crippen LogP contribution >= 0.6 is 0 Å². The zero-order chi connectivity index (χ0) is 21.1. The van der Waals surface area contributed by atoms with Gasteiger partial charge in [0.15, 0.2) is 11.5 Å². The van der Waals surface area contributed by atoms with E-state index in [2.05, 4.69) is 60.1 Å². The number of likely N-dealkylation sites (N-methyl/N-ethyl adjacent to an activating group) is 1. The highest BCUT2D eigenvalue weighted by atomic mass is 16.5. The first-order chi connectivity index (χ1) is 14.6. The van der Waals surface area contributed by atoms with Crippen LogP contribution in [-0.2, 0) is 6.54 Å². The molecule has 0 amide bonds. The number of nitrogens with zero attached hydrogens (tertiary/aromatic N) is 2. The molecule has 0 radical (unpaired) electrons. The highest BCUT2D eigenvalue weighted by Crippen LogP contribution is 2.34. The molecule has 1 aliphatic heterocycles. The van der Waals surface area contributed by atoms with Gasteiger partial charge in [0, 0.05) is 36.6 Å². The molecule has 1 fully saturated rings. The number of pyridine rings is 1.